The first-order valence-electron chi connectivity index (χ1n) is 4.87. The minimum atomic E-state index is 0.358. The predicted molar refractivity (Wildman–Crippen MR) is 58.5 cm³/mol. The zero-order valence-corrected chi connectivity index (χ0v) is 8.77. The lowest BCUT2D eigenvalue weighted by Gasteiger charge is -2.08. The zero-order chi connectivity index (χ0) is 10.7. The SMILES string of the molecule is CC(C)Nc1cc(-c2ccoc2)ncn1. The van der Waals surface area contributed by atoms with Crippen LogP contribution in [-0.4, -0.2) is 16.0 Å². The van der Waals surface area contributed by atoms with Crippen molar-refractivity contribution in [2.45, 2.75) is 19.9 Å². The number of nitrogens with one attached hydrogen (secondary N) is 1. The third kappa shape index (κ3) is 2.34. The Morgan fingerprint density at radius 1 is 1.33 bits per heavy atom. The molecule has 15 heavy (non-hydrogen) atoms. The molecule has 0 amide bonds. The molecule has 2 aromatic heterocycles. The molecule has 1 N–H and O–H groups in total. The van der Waals surface area contributed by atoms with Gasteiger partial charge < -0.3 is 9.73 Å². The normalized spacial score (nSPS) is 10.6. The maximum atomic E-state index is 5.01. The van der Waals surface area contributed by atoms with Crippen LogP contribution >= 0.6 is 0 Å². The lowest BCUT2D eigenvalue weighted by atomic mass is 10.2. The van der Waals surface area contributed by atoms with Crippen molar-refractivity contribution in [3.05, 3.63) is 31.0 Å². The minimum absolute atomic E-state index is 0.358. The lowest BCUT2D eigenvalue weighted by molar-refractivity contribution is 0.568. The number of hydrogen-bond donors (Lipinski definition) is 1. The topological polar surface area (TPSA) is 51.0 Å². The second-order valence-electron chi connectivity index (χ2n) is 3.60. The van der Waals surface area contributed by atoms with Gasteiger partial charge in [-0.1, -0.05) is 0 Å². The first kappa shape index (κ1) is 9.71. The van der Waals surface area contributed by atoms with E-state index >= 15 is 0 Å². The van der Waals surface area contributed by atoms with Crippen LogP contribution in [0.15, 0.2) is 35.4 Å². The van der Waals surface area contributed by atoms with Crippen LogP contribution in [0.4, 0.5) is 5.82 Å². The number of rotatable bonds is 3. The van der Waals surface area contributed by atoms with E-state index in [1.165, 1.54) is 0 Å². The Morgan fingerprint density at radius 3 is 2.87 bits per heavy atom. The van der Waals surface area contributed by atoms with E-state index in [0.29, 0.717) is 6.04 Å². The number of aromatic nitrogens is 2. The molecule has 0 fully saturated rings. The van der Waals surface area contributed by atoms with Gasteiger partial charge in [-0.25, -0.2) is 9.97 Å². The van der Waals surface area contributed by atoms with Crippen LogP contribution in [0.1, 0.15) is 13.8 Å². The van der Waals surface area contributed by atoms with Crippen LogP contribution in [0.5, 0.6) is 0 Å². The monoisotopic (exact) mass is 203 g/mol. The summed E-state index contributed by atoms with van der Waals surface area (Å²) in [6.45, 7) is 4.14. The Balaban J connectivity index is 2.27. The maximum absolute atomic E-state index is 5.01. The van der Waals surface area contributed by atoms with Crippen LogP contribution in [0.25, 0.3) is 11.3 Å². The average Bonchev–Trinajstić information content (AvgIpc) is 2.69. The van der Waals surface area contributed by atoms with Gasteiger partial charge in [-0.15, -0.1) is 0 Å². The van der Waals surface area contributed by atoms with E-state index in [0.717, 1.165) is 17.1 Å². The van der Waals surface area contributed by atoms with Crippen molar-refractivity contribution >= 4 is 5.82 Å². The summed E-state index contributed by atoms with van der Waals surface area (Å²) in [5.41, 5.74) is 1.83. The number of hydrogen-bond acceptors (Lipinski definition) is 4. The summed E-state index contributed by atoms with van der Waals surface area (Å²) >= 11 is 0. The van der Waals surface area contributed by atoms with E-state index in [4.69, 9.17) is 4.42 Å². The van der Waals surface area contributed by atoms with Crippen molar-refractivity contribution in [2.75, 3.05) is 5.32 Å². The molecule has 0 radical (unpaired) electrons. The maximum Gasteiger partial charge on any atom is 0.130 e. The van der Waals surface area contributed by atoms with E-state index < -0.39 is 0 Å². The minimum Gasteiger partial charge on any atom is -0.472 e. The van der Waals surface area contributed by atoms with Crippen molar-refractivity contribution < 1.29 is 4.42 Å². The first-order chi connectivity index (χ1) is 7.25. The number of furan rings is 1. The molecule has 4 heteroatoms. The fourth-order valence-corrected chi connectivity index (χ4v) is 1.30. The Labute approximate surface area is 88.4 Å². The van der Waals surface area contributed by atoms with E-state index in [-0.39, 0.29) is 0 Å². The van der Waals surface area contributed by atoms with Gasteiger partial charge in [0.2, 0.25) is 0 Å². The van der Waals surface area contributed by atoms with Crippen LogP contribution in [0.2, 0.25) is 0 Å². The highest BCUT2D eigenvalue weighted by Crippen LogP contribution is 2.18. The zero-order valence-electron chi connectivity index (χ0n) is 8.77. The first-order valence-corrected chi connectivity index (χ1v) is 4.87. The van der Waals surface area contributed by atoms with Crippen LogP contribution in [-0.2, 0) is 0 Å². The molecule has 2 rings (SSSR count). The Hall–Kier alpha value is -1.84. The highest BCUT2D eigenvalue weighted by Gasteiger charge is 2.03. The Kier molecular flexibility index (Phi) is 2.67. The van der Waals surface area contributed by atoms with Gasteiger partial charge >= 0.3 is 0 Å². The van der Waals surface area contributed by atoms with Crippen LogP contribution < -0.4 is 5.32 Å². The van der Waals surface area contributed by atoms with Crippen molar-refractivity contribution in [2.24, 2.45) is 0 Å². The largest absolute Gasteiger partial charge is 0.472 e. The van der Waals surface area contributed by atoms with Gasteiger partial charge in [0, 0.05) is 17.7 Å². The fraction of sp³-hybridized carbons (Fsp3) is 0.273. The molecule has 0 unspecified atom stereocenters. The molecule has 78 valence electrons. The Bertz CT molecular complexity index is 423. The molecule has 0 spiro atoms. The van der Waals surface area contributed by atoms with Crippen molar-refractivity contribution in [1.29, 1.82) is 0 Å². The third-order valence-electron chi connectivity index (χ3n) is 1.92. The number of anilines is 1. The van der Waals surface area contributed by atoms with Crippen LogP contribution in [0.3, 0.4) is 0 Å². The van der Waals surface area contributed by atoms with E-state index in [9.17, 15) is 0 Å². The molecule has 2 aromatic rings. The fourth-order valence-electron chi connectivity index (χ4n) is 1.30. The van der Waals surface area contributed by atoms with Crippen molar-refractivity contribution in [1.82, 2.24) is 9.97 Å². The predicted octanol–water partition coefficient (Wildman–Crippen LogP) is 2.56. The molecule has 2 heterocycles. The van der Waals surface area contributed by atoms with Gasteiger partial charge in [-0.3, -0.25) is 0 Å². The molecule has 0 saturated carbocycles. The standard InChI is InChI=1S/C11H13N3O/c1-8(2)14-11-5-10(12-7-13-11)9-3-4-15-6-9/h3-8H,1-2H3,(H,12,13,14). The van der Waals surface area contributed by atoms with Gasteiger partial charge in [0.15, 0.2) is 0 Å². The molecular formula is C11H13N3O. The highest BCUT2D eigenvalue weighted by molar-refractivity contribution is 5.60. The smallest absolute Gasteiger partial charge is 0.130 e. The summed E-state index contributed by atoms with van der Waals surface area (Å²) in [6.07, 6.45) is 4.85. The molecule has 0 aromatic carbocycles. The van der Waals surface area contributed by atoms with Gasteiger partial charge in [0.25, 0.3) is 0 Å². The average molecular weight is 203 g/mol. The summed E-state index contributed by atoms with van der Waals surface area (Å²) in [5.74, 6) is 0.830. The molecule has 0 atom stereocenters. The van der Waals surface area contributed by atoms with E-state index in [2.05, 4.69) is 29.1 Å². The second-order valence-corrected chi connectivity index (χ2v) is 3.60. The summed E-state index contributed by atoms with van der Waals surface area (Å²) in [5, 5.41) is 3.23. The van der Waals surface area contributed by atoms with E-state index in [1.807, 2.05) is 12.1 Å². The van der Waals surface area contributed by atoms with Gasteiger partial charge in [0.05, 0.1) is 18.2 Å². The quantitative estimate of drug-likeness (QED) is 0.832. The van der Waals surface area contributed by atoms with Crippen molar-refractivity contribution in [3.63, 3.8) is 0 Å². The summed E-state index contributed by atoms with van der Waals surface area (Å²) < 4.78 is 5.01. The van der Waals surface area contributed by atoms with Crippen LogP contribution in [0, 0.1) is 0 Å². The molecule has 0 bridgehead atoms. The Morgan fingerprint density at radius 2 is 2.20 bits per heavy atom. The summed E-state index contributed by atoms with van der Waals surface area (Å²) in [6, 6.07) is 4.14. The second kappa shape index (κ2) is 4.13. The molecule has 0 aliphatic carbocycles. The van der Waals surface area contributed by atoms with Gasteiger partial charge in [-0.05, 0) is 19.9 Å². The van der Waals surface area contributed by atoms with Gasteiger partial charge in [0.1, 0.15) is 12.1 Å². The molecule has 4 nitrogen and oxygen atoms in total. The third-order valence-corrected chi connectivity index (χ3v) is 1.92. The number of nitrogens with zero attached hydrogens (tertiary/aromatic N) is 2. The highest BCUT2D eigenvalue weighted by atomic mass is 16.3. The summed E-state index contributed by atoms with van der Waals surface area (Å²) in [4.78, 5) is 8.31. The molecule has 0 saturated heterocycles. The van der Waals surface area contributed by atoms with Gasteiger partial charge in [-0.2, -0.15) is 0 Å². The lowest BCUT2D eigenvalue weighted by Crippen LogP contribution is -2.11. The summed E-state index contributed by atoms with van der Waals surface area (Å²) in [7, 11) is 0. The van der Waals surface area contributed by atoms with E-state index in [1.54, 1.807) is 18.9 Å². The molecular weight excluding hydrogens is 190 g/mol. The molecule has 0 aliphatic heterocycles. The molecule has 0 aliphatic rings. The van der Waals surface area contributed by atoms with Crippen molar-refractivity contribution in [3.8, 4) is 11.3 Å².